The molecule has 0 saturated carbocycles. The van der Waals surface area contributed by atoms with E-state index in [1.165, 1.54) is 31.4 Å². The van der Waals surface area contributed by atoms with Crippen LogP contribution in [-0.2, 0) is 4.79 Å². The van der Waals surface area contributed by atoms with Gasteiger partial charge in [-0.2, -0.15) is 18.2 Å². The molecule has 0 saturated heterocycles. The lowest BCUT2D eigenvalue weighted by atomic mass is 10.1. The number of ketones is 1. The Balaban J connectivity index is 1.77. The minimum atomic E-state index is -4.42. The van der Waals surface area contributed by atoms with Crippen molar-refractivity contribution < 1.29 is 23.1 Å². The zero-order valence-electron chi connectivity index (χ0n) is 18.1. The molecule has 0 bridgehead atoms. The molecule has 0 amide bonds. The number of Topliss-reactive ketones (excluding diaryl/α,β-unsaturated/α-hetero) is 1. The van der Waals surface area contributed by atoms with Crippen molar-refractivity contribution in [3.05, 3.63) is 41.6 Å². The van der Waals surface area contributed by atoms with Crippen LogP contribution in [0.3, 0.4) is 0 Å². The van der Waals surface area contributed by atoms with E-state index < -0.39 is 24.9 Å². The van der Waals surface area contributed by atoms with Crippen molar-refractivity contribution in [3.8, 4) is 10.6 Å². The third-order valence-electron chi connectivity index (χ3n) is 5.34. The Labute approximate surface area is 192 Å². The van der Waals surface area contributed by atoms with Crippen molar-refractivity contribution in [2.24, 2.45) is 0 Å². The summed E-state index contributed by atoms with van der Waals surface area (Å²) in [6.07, 6.45) is -3.61. The molecule has 11 heteroatoms. The molecule has 0 unspecified atom stereocenters. The van der Waals surface area contributed by atoms with Crippen LogP contribution in [0, 0.1) is 6.92 Å². The van der Waals surface area contributed by atoms with Gasteiger partial charge in [-0.3, -0.25) is 4.79 Å². The Morgan fingerprint density at radius 2 is 2.00 bits per heavy atom. The first-order valence-corrected chi connectivity index (χ1v) is 11.0. The van der Waals surface area contributed by atoms with E-state index in [2.05, 4.69) is 20.3 Å². The fraction of sp³-hybridized carbons (Fsp3) is 0.364. The quantitative estimate of drug-likeness (QED) is 0.552. The zero-order valence-corrected chi connectivity index (χ0v) is 19.0. The van der Waals surface area contributed by atoms with Gasteiger partial charge in [-0.1, -0.05) is 12.1 Å². The summed E-state index contributed by atoms with van der Waals surface area (Å²) in [5.74, 6) is 0.00599. The minimum absolute atomic E-state index is 0.107. The average Bonchev–Trinajstić information content (AvgIpc) is 3.30. The molecule has 0 spiro atoms. The van der Waals surface area contributed by atoms with Crippen molar-refractivity contribution in [2.45, 2.75) is 38.6 Å². The summed E-state index contributed by atoms with van der Waals surface area (Å²) >= 11 is 1.41. The Morgan fingerprint density at radius 1 is 1.27 bits per heavy atom. The van der Waals surface area contributed by atoms with Crippen molar-refractivity contribution >= 4 is 39.1 Å². The van der Waals surface area contributed by atoms with E-state index in [1.54, 1.807) is 6.92 Å². The SMILES string of the molecule is CC(=O)C1=C[C@@H](O)[C@H](Nc2nc(N(C)CC(F)(F)F)nc(C)c2-c2nc3ccccc3s2)C1. The monoisotopic (exact) mass is 477 g/mol. The predicted molar refractivity (Wildman–Crippen MR) is 122 cm³/mol. The van der Waals surface area contributed by atoms with Gasteiger partial charge in [-0.05, 0) is 44.1 Å². The van der Waals surface area contributed by atoms with E-state index in [4.69, 9.17) is 0 Å². The van der Waals surface area contributed by atoms with Gasteiger partial charge in [0.1, 0.15) is 17.4 Å². The highest BCUT2D eigenvalue weighted by Gasteiger charge is 2.32. The molecule has 2 atom stereocenters. The third kappa shape index (κ3) is 4.98. The van der Waals surface area contributed by atoms with Gasteiger partial charge in [0.2, 0.25) is 5.95 Å². The number of hydrogen-bond acceptors (Lipinski definition) is 8. The fourth-order valence-corrected chi connectivity index (χ4v) is 4.79. The summed E-state index contributed by atoms with van der Waals surface area (Å²) in [5.41, 5.74) is 2.26. The first kappa shape index (κ1) is 23.1. The lowest BCUT2D eigenvalue weighted by molar-refractivity contribution is -0.119. The molecule has 2 heterocycles. The molecule has 0 aliphatic heterocycles. The number of aliphatic hydroxyl groups excluding tert-OH is 1. The van der Waals surface area contributed by atoms with Crippen LogP contribution in [0.5, 0.6) is 0 Å². The van der Waals surface area contributed by atoms with E-state index in [1.807, 2.05) is 24.3 Å². The molecule has 0 radical (unpaired) electrons. The third-order valence-corrected chi connectivity index (χ3v) is 6.40. The van der Waals surface area contributed by atoms with Crippen LogP contribution in [0.4, 0.5) is 24.9 Å². The van der Waals surface area contributed by atoms with Crippen LogP contribution in [0.1, 0.15) is 19.0 Å². The van der Waals surface area contributed by atoms with E-state index in [0.717, 1.165) is 15.1 Å². The second-order valence-corrected chi connectivity index (χ2v) is 9.01. The fourth-order valence-electron chi connectivity index (χ4n) is 3.73. The van der Waals surface area contributed by atoms with Crippen LogP contribution in [0.2, 0.25) is 0 Å². The van der Waals surface area contributed by atoms with E-state index in [-0.39, 0.29) is 24.0 Å². The molecular weight excluding hydrogens is 455 g/mol. The number of aromatic nitrogens is 3. The van der Waals surface area contributed by atoms with E-state index in [9.17, 15) is 23.1 Å². The highest BCUT2D eigenvalue weighted by Crippen LogP contribution is 2.37. The summed E-state index contributed by atoms with van der Waals surface area (Å²) in [4.78, 5) is 26.0. The maximum Gasteiger partial charge on any atom is 0.406 e. The normalized spacial score (nSPS) is 18.5. The number of para-hydroxylation sites is 1. The number of nitrogens with one attached hydrogen (secondary N) is 1. The largest absolute Gasteiger partial charge is 0.406 e. The molecular formula is C22H22F3N5O2S. The van der Waals surface area contributed by atoms with Crippen LogP contribution >= 0.6 is 11.3 Å². The minimum Gasteiger partial charge on any atom is -0.387 e. The van der Waals surface area contributed by atoms with Gasteiger partial charge in [0, 0.05) is 7.05 Å². The number of fused-ring (bicyclic) bond motifs is 1. The molecule has 0 fully saturated rings. The summed E-state index contributed by atoms with van der Waals surface area (Å²) in [6, 6.07) is 6.99. The Morgan fingerprint density at radius 3 is 2.64 bits per heavy atom. The topological polar surface area (TPSA) is 91.2 Å². The molecule has 1 aliphatic carbocycles. The lowest BCUT2D eigenvalue weighted by Crippen LogP contribution is -2.33. The molecule has 7 nitrogen and oxygen atoms in total. The Bertz CT molecular complexity index is 1210. The van der Waals surface area contributed by atoms with E-state index >= 15 is 0 Å². The molecule has 1 aromatic carbocycles. The number of nitrogens with zero attached hydrogens (tertiary/aromatic N) is 4. The van der Waals surface area contributed by atoms with Crippen molar-refractivity contribution in [1.82, 2.24) is 15.0 Å². The molecule has 2 aromatic heterocycles. The number of aliphatic hydroxyl groups is 1. The average molecular weight is 478 g/mol. The molecule has 3 aromatic rings. The highest BCUT2D eigenvalue weighted by molar-refractivity contribution is 7.21. The summed E-state index contributed by atoms with van der Waals surface area (Å²) in [5, 5.41) is 14.2. The van der Waals surface area contributed by atoms with Crippen molar-refractivity contribution in [2.75, 3.05) is 23.8 Å². The molecule has 2 N–H and O–H groups in total. The van der Waals surface area contributed by atoms with Crippen molar-refractivity contribution in [3.63, 3.8) is 0 Å². The molecule has 1 aliphatic rings. The van der Waals surface area contributed by atoms with Crippen LogP contribution in [-0.4, -0.2) is 57.8 Å². The highest BCUT2D eigenvalue weighted by atomic mass is 32.1. The van der Waals surface area contributed by atoms with Crippen LogP contribution in [0.15, 0.2) is 35.9 Å². The number of benzene rings is 1. The summed E-state index contributed by atoms with van der Waals surface area (Å²) in [7, 11) is 1.27. The smallest absolute Gasteiger partial charge is 0.387 e. The first-order chi connectivity index (χ1) is 15.5. The number of carbonyl (C=O) groups excluding carboxylic acids is 1. The second kappa shape index (κ2) is 8.71. The number of aryl methyl sites for hydroxylation is 1. The van der Waals surface area contributed by atoms with E-state index in [0.29, 0.717) is 21.8 Å². The maximum atomic E-state index is 13.0. The lowest BCUT2D eigenvalue weighted by Gasteiger charge is -2.23. The molecule has 174 valence electrons. The second-order valence-electron chi connectivity index (χ2n) is 7.98. The van der Waals surface area contributed by atoms with Gasteiger partial charge in [0.25, 0.3) is 0 Å². The van der Waals surface area contributed by atoms with Gasteiger partial charge in [-0.15, -0.1) is 11.3 Å². The van der Waals surface area contributed by atoms with Crippen LogP contribution < -0.4 is 10.2 Å². The predicted octanol–water partition coefficient (Wildman–Crippen LogP) is 4.12. The maximum absolute atomic E-state index is 13.0. The number of hydrogen-bond donors (Lipinski definition) is 2. The van der Waals surface area contributed by atoms with Crippen LogP contribution in [0.25, 0.3) is 20.8 Å². The van der Waals surface area contributed by atoms with Gasteiger partial charge in [-0.25, -0.2) is 9.97 Å². The number of thiazole rings is 1. The zero-order chi connectivity index (χ0) is 23.9. The van der Waals surface area contributed by atoms with Gasteiger partial charge >= 0.3 is 6.18 Å². The summed E-state index contributed by atoms with van der Waals surface area (Å²) in [6.45, 7) is 1.89. The van der Waals surface area contributed by atoms with Gasteiger partial charge < -0.3 is 15.3 Å². The van der Waals surface area contributed by atoms with Gasteiger partial charge in [0.05, 0.1) is 33.6 Å². The Kier molecular flexibility index (Phi) is 6.10. The van der Waals surface area contributed by atoms with Crippen molar-refractivity contribution in [1.29, 1.82) is 0 Å². The number of anilines is 2. The standard InChI is InChI=1S/C22H22F3N5O2S/c1-11-18(20-28-14-6-4-5-7-17(14)33-20)19(27-15-8-13(12(2)31)9-16(15)32)29-21(26-11)30(3)10-22(23,24)25/h4-7,9,15-16,32H,8,10H2,1-3H3,(H,26,27,29)/t15-,16-/m1/s1. The number of rotatable bonds is 6. The summed E-state index contributed by atoms with van der Waals surface area (Å²) < 4.78 is 39.8. The number of alkyl halides is 3. The van der Waals surface area contributed by atoms with Gasteiger partial charge in [0.15, 0.2) is 5.78 Å². The molecule has 4 rings (SSSR count). The number of carbonyl (C=O) groups is 1. The number of halogens is 3. The first-order valence-electron chi connectivity index (χ1n) is 10.2. The Hall–Kier alpha value is -3.05. The molecule has 33 heavy (non-hydrogen) atoms.